The van der Waals surface area contributed by atoms with Crippen LogP contribution in [0.4, 0.5) is 17.6 Å². The molecule has 3 rings (SSSR count). The molecule has 0 saturated carbocycles. The highest BCUT2D eigenvalue weighted by molar-refractivity contribution is 5.42. The minimum atomic E-state index is -5.01. The van der Waals surface area contributed by atoms with E-state index in [0.29, 0.717) is 11.3 Å². The maximum absolute atomic E-state index is 13.5. The normalized spacial score (nSPS) is 11.2. The lowest BCUT2D eigenvalue weighted by molar-refractivity contribution is -0.275. The minimum absolute atomic E-state index is 0.0189. The smallest absolute Gasteiger partial charge is 0.489 e. The van der Waals surface area contributed by atoms with Crippen molar-refractivity contribution in [1.82, 2.24) is 9.78 Å². The van der Waals surface area contributed by atoms with Crippen LogP contribution in [0.2, 0.25) is 0 Å². The van der Waals surface area contributed by atoms with Gasteiger partial charge in [0, 0.05) is 17.3 Å². The van der Waals surface area contributed by atoms with Gasteiger partial charge in [-0.1, -0.05) is 0 Å². The predicted octanol–water partition coefficient (Wildman–Crippen LogP) is 4.98. The summed E-state index contributed by atoms with van der Waals surface area (Å²) in [6.07, 6.45) is -5.01. The zero-order chi connectivity index (χ0) is 21.2. The van der Waals surface area contributed by atoms with E-state index >= 15 is 0 Å². The third kappa shape index (κ3) is 4.66. The van der Waals surface area contributed by atoms with Gasteiger partial charge in [0.25, 0.3) is 0 Å². The number of nitrogens with zero attached hydrogens (tertiary/aromatic N) is 3. The van der Waals surface area contributed by atoms with Crippen molar-refractivity contribution in [3.63, 3.8) is 0 Å². The molecule has 0 bridgehead atoms. The molecule has 0 radical (unpaired) electrons. The summed E-state index contributed by atoms with van der Waals surface area (Å²) < 4.78 is 61.5. The molecule has 0 aliphatic rings. The summed E-state index contributed by atoms with van der Waals surface area (Å²) in [5.74, 6) is -2.08. The molecule has 1 heterocycles. The Bertz CT molecular complexity index is 1070. The molecule has 150 valence electrons. The summed E-state index contributed by atoms with van der Waals surface area (Å²) in [5, 5.41) is 13.3. The number of aromatic nitrogens is 2. The van der Waals surface area contributed by atoms with Crippen molar-refractivity contribution in [2.24, 2.45) is 0 Å². The number of benzene rings is 2. The van der Waals surface area contributed by atoms with Crippen LogP contribution in [0.3, 0.4) is 0 Å². The highest BCUT2D eigenvalue weighted by Gasteiger charge is 2.32. The van der Waals surface area contributed by atoms with Gasteiger partial charge in [0.2, 0.25) is 0 Å². The Balaban J connectivity index is 1.80. The number of ether oxygens (including phenoxy) is 2. The van der Waals surface area contributed by atoms with Crippen LogP contribution >= 0.6 is 0 Å². The van der Waals surface area contributed by atoms with Gasteiger partial charge >= 0.3 is 6.36 Å². The molecule has 0 spiro atoms. The molecule has 29 heavy (non-hydrogen) atoms. The van der Waals surface area contributed by atoms with E-state index < -0.39 is 17.9 Å². The average molecular weight is 405 g/mol. The van der Waals surface area contributed by atoms with E-state index in [0.717, 1.165) is 29.1 Å². The van der Waals surface area contributed by atoms with Crippen LogP contribution in [-0.2, 0) is 6.61 Å². The van der Waals surface area contributed by atoms with Gasteiger partial charge in [-0.15, -0.1) is 13.2 Å². The molecule has 0 unspecified atom stereocenters. The van der Waals surface area contributed by atoms with Crippen molar-refractivity contribution in [2.45, 2.75) is 26.8 Å². The van der Waals surface area contributed by atoms with Gasteiger partial charge in [-0.25, -0.2) is 9.07 Å². The van der Waals surface area contributed by atoms with Crippen LogP contribution in [0.1, 0.15) is 22.5 Å². The summed E-state index contributed by atoms with van der Waals surface area (Å²) >= 11 is 0. The van der Waals surface area contributed by atoms with E-state index in [9.17, 15) is 17.6 Å². The molecule has 0 amide bonds. The molecular weight excluding hydrogens is 390 g/mol. The van der Waals surface area contributed by atoms with Crippen molar-refractivity contribution >= 4 is 0 Å². The van der Waals surface area contributed by atoms with Gasteiger partial charge < -0.3 is 9.47 Å². The fourth-order valence-corrected chi connectivity index (χ4v) is 2.74. The molecule has 5 nitrogen and oxygen atoms in total. The second-order valence-corrected chi connectivity index (χ2v) is 6.15. The number of halogens is 4. The number of nitriles is 1. The lowest BCUT2D eigenvalue weighted by atomic mass is 10.2. The summed E-state index contributed by atoms with van der Waals surface area (Å²) in [6.45, 7) is 3.61. The van der Waals surface area contributed by atoms with Crippen LogP contribution in [-0.4, -0.2) is 16.1 Å². The quantitative estimate of drug-likeness (QED) is 0.562. The molecule has 9 heteroatoms. The Hall–Kier alpha value is -3.54. The van der Waals surface area contributed by atoms with E-state index in [1.807, 2.05) is 13.0 Å². The number of alkyl halides is 3. The van der Waals surface area contributed by atoms with E-state index in [1.54, 1.807) is 35.9 Å². The Morgan fingerprint density at radius 2 is 1.79 bits per heavy atom. The molecule has 3 aromatic rings. The molecule has 0 fully saturated rings. The molecule has 1 aromatic heterocycles. The van der Waals surface area contributed by atoms with Crippen molar-refractivity contribution < 1.29 is 27.0 Å². The average Bonchev–Trinajstić information content (AvgIpc) is 2.95. The van der Waals surface area contributed by atoms with Gasteiger partial charge in [0.1, 0.15) is 12.4 Å². The Kier molecular flexibility index (Phi) is 5.46. The standard InChI is InChI=1S/C20H15F4N3O2/c1-12-17(13(2)27(26-12)15-5-3-14(10-25)4-6-15)11-28-16-7-8-18(21)19(9-16)29-20(22,23)24/h3-9H,11H2,1-2H3. The largest absolute Gasteiger partial charge is 0.573 e. The van der Waals surface area contributed by atoms with Crippen molar-refractivity contribution in [3.05, 3.63) is 70.8 Å². The highest BCUT2D eigenvalue weighted by atomic mass is 19.4. The van der Waals surface area contributed by atoms with Crippen LogP contribution in [0.5, 0.6) is 11.5 Å². The third-order valence-electron chi connectivity index (χ3n) is 4.19. The maximum atomic E-state index is 13.5. The van der Waals surface area contributed by atoms with Crippen LogP contribution in [0, 0.1) is 31.0 Å². The highest BCUT2D eigenvalue weighted by Crippen LogP contribution is 2.30. The number of aryl methyl sites for hydroxylation is 1. The Morgan fingerprint density at radius 1 is 1.10 bits per heavy atom. The fraction of sp³-hybridized carbons (Fsp3) is 0.200. The van der Waals surface area contributed by atoms with Gasteiger partial charge in [0.05, 0.1) is 23.0 Å². The van der Waals surface area contributed by atoms with Gasteiger partial charge in [-0.3, -0.25) is 0 Å². The van der Waals surface area contributed by atoms with E-state index in [1.165, 1.54) is 6.07 Å². The third-order valence-corrected chi connectivity index (χ3v) is 4.19. The first-order chi connectivity index (χ1) is 13.7. The number of hydrogen-bond acceptors (Lipinski definition) is 4. The lowest BCUT2D eigenvalue weighted by Gasteiger charge is -2.12. The molecular formula is C20H15F4N3O2. The minimum Gasteiger partial charge on any atom is -0.489 e. The molecule has 2 aromatic carbocycles. The molecule has 0 aliphatic heterocycles. The van der Waals surface area contributed by atoms with E-state index in [-0.39, 0.29) is 12.4 Å². The second kappa shape index (κ2) is 7.83. The van der Waals surface area contributed by atoms with Gasteiger partial charge in [-0.05, 0) is 50.2 Å². The first kappa shape index (κ1) is 20.2. The molecule has 0 aliphatic carbocycles. The fourth-order valence-electron chi connectivity index (χ4n) is 2.74. The summed E-state index contributed by atoms with van der Waals surface area (Å²) in [5.41, 5.74) is 3.43. The summed E-state index contributed by atoms with van der Waals surface area (Å²) in [7, 11) is 0. The van der Waals surface area contributed by atoms with Crippen molar-refractivity contribution in [1.29, 1.82) is 5.26 Å². The monoisotopic (exact) mass is 405 g/mol. The van der Waals surface area contributed by atoms with Gasteiger partial charge in [0.15, 0.2) is 11.6 Å². The van der Waals surface area contributed by atoms with E-state index in [2.05, 4.69) is 9.84 Å². The zero-order valence-corrected chi connectivity index (χ0v) is 15.4. The molecule has 0 N–H and O–H groups in total. The predicted molar refractivity (Wildman–Crippen MR) is 95.2 cm³/mol. The first-order valence-electron chi connectivity index (χ1n) is 8.41. The van der Waals surface area contributed by atoms with E-state index in [4.69, 9.17) is 10.00 Å². The number of rotatable bonds is 5. The van der Waals surface area contributed by atoms with Crippen molar-refractivity contribution in [3.8, 4) is 23.3 Å². The second-order valence-electron chi connectivity index (χ2n) is 6.15. The number of hydrogen-bond donors (Lipinski definition) is 0. The summed E-state index contributed by atoms with van der Waals surface area (Å²) in [4.78, 5) is 0. The first-order valence-corrected chi connectivity index (χ1v) is 8.41. The van der Waals surface area contributed by atoms with Crippen LogP contribution in [0.25, 0.3) is 5.69 Å². The Morgan fingerprint density at radius 3 is 2.41 bits per heavy atom. The Labute approximate surface area is 163 Å². The topological polar surface area (TPSA) is 60.1 Å². The zero-order valence-electron chi connectivity index (χ0n) is 15.4. The molecule has 0 saturated heterocycles. The maximum Gasteiger partial charge on any atom is 0.573 e. The van der Waals surface area contributed by atoms with Crippen molar-refractivity contribution in [2.75, 3.05) is 0 Å². The van der Waals surface area contributed by atoms with Gasteiger partial charge in [-0.2, -0.15) is 10.4 Å². The lowest BCUT2D eigenvalue weighted by Crippen LogP contribution is -2.18. The molecule has 0 atom stereocenters. The van der Waals surface area contributed by atoms with Crippen LogP contribution < -0.4 is 9.47 Å². The summed E-state index contributed by atoms with van der Waals surface area (Å²) in [6, 6.07) is 11.8. The van der Waals surface area contributed by atoms with Crippen LogP contribution in [0.15, 0.2) is 42.5 Å². The SMILES string of the molecule is Cc1nn(-c2ccc(C#N)cc2)c(C)c1COc1ccc(F)c(OC(F)(F)F)c1.